The number of anilines is 2. The Bertz CT molecular complexity index is 1470. The highest BCUT2D eigenvalue weighted by Crippen LogP contribution is 2.36. The molecule has 0 bridgehead atoms. The summed E-state index contributed by atoms with van der Waals surface area (Å²) in [5.41, 5.74) is 4.39. The first kappa shape index (κ1) is 24.1. The van der Waals surface area contributed by atoms with Crippen LogP contribution in [0.15, 0.2) is 42.6 Å². The second-order valence-electron chi connectivity index (χ2n) is 7.81. The van der Waals surface area contributed by atoms with Crippen molar-refractivity contribution < 1.29 is 31.9 Å². The summed E-state index contributed by atoms with van der Waals surface area (Å²) in [5.74, 6) is -3.52. The van der Waals surface area contributed by atoms with Gasteiger partial charge in [-0.25, -0.2) is 18.7 Å². The van der Waals surface area contributed by atoms with Crippen LogP contribution in [0, 0.1) is 18.6 Å². The number of hydrogen-bond acceptors (Lipinski definition) is 5. The number of alkyl halides is 3. The third-order valence-corrected chi connectivity index (χ3v) is 5.36. The van der Waals surface area contributed by atoms with Crippen LogP contribution in [0.2, 0.25) is 0 Å². The number of amides is 1. The minimum absolute atomic E-state index is 0.0736. The zero-order valence-corrected chi connectivity index (χ0v) is 18.3. The molecule has 0 aliphatic carbocycles. The van der Waals surface area contributed by atoms with E-state index in [0.717, 1.165) is 24.3 Å². The van der Waals surface area contributed by atoms with Crippen LogP contribution in [0.3, 0.4) is 0 Å². The van der Waals surface area contributed by atoms with Crippen molar-refractivity contribution >= 4 is 28.4 Å². The SMILES string of the molecule is Cc1nc(N)c2c(-c3ccc(NC(=O)C(O)c4cccc(C(F)(F)F)c4)c(F)c3F)cn(C)c2n1. The molecule has 2 aromatic heterocycles. The average molecular weight is 491 g/mol. The summed E-state index contributed by atoms with van der Waals surface area (Å²) < 4.78 is 70.2. The van der Waals surface area contributed by atoms with Gasteiger partial charge in [0.1, 0.15) is 17.3 Å². The first-order chi connectivity index (χ1) is 16.4. The van der Waals surface area contributed by atoms with Crippen LogP contribution in [0.25, 0.3) is 22.2 Å². The largest absolute Gasteiger partial charge is 0.416 e. The molecule has 0 spiro atoms. The van der Waals surface area contributed by atoms with E-state index >= 15 is 4.39 Å². The van der Waals surface area contributed by atoms with E-state index in [4.69, 9.17) is 5.73 Å². The lowest BCUT2D eigenvalue weighted by molar-refractivity contribution is -0.138. The van der Waals surface area contributed by atoms with Crippen molar-refractivity contribution in [3.05, 3.63) is 71.2 Å². The number of aliphatic hydroxyl groups is 1. The average Bonchev–Trinajstić information content (AvgIpc) is 3.12. The van der Waals surface area contributed by atoms with Crippen molar-refractivity contribution in [3.8, 4) is 11.1 Å². The number of rotatable bonds is 4. The van der Waals surface area contributed by atoms with E-state index < -0.39 is 41.1 Å². The lowest BCUT2D eigenvalue weighted by Gasteiger charge is -2.15. The van der Waals surface area contributed by atoms with E-state index in [1.54, 1.807) is 18.5 Å². The van der Waals surface area contributed by atoms with Crippen LogP contribution < -0.4 is 11.1 Å². The van der Waals surface area contributed by atoms with Gasteiger partial charge in [0.05, 0.1) is 16.6 Å². The Morgan fingerprint density at radius 3 is 2.51 bits per heavy atom. The molecule has 0 fully saturated rings. The lowest BCUT2D eigenvalue weighted by Crippen LogP contribution is -2.22. The van der Waals surface area contributed by atoms with E-state index in [-0.39, 0.29) is 22.5 Å². The lowest BCUT2D eigenvalue weighted by atomic mass is 10.0. The van der Waals surface area contributed by atoms with Crippen LogP contribution in [0.1, 0.15) is 23.1 Å². The molecule has 7 nitrogen and oxygen atoms in total. The van der Waals surface area contributed by atoms with Gasteiger partial charge in [-0.3, -0.25) is 4.79 Å². The van der Waals surface area contributed by atoms with Gasteiger partial charge < -0.3 is 20.7 Å². The number of carbonyl (C=O) groups is 1. The van der Waals surface area contributed by atoms with Crippen LogP contribution in [-0.4, -0.2) is 25.5 Å². The quantitative estimate of drug-likeness (QED) is 0.365. The molecule has 1 unspecified atom stereocenters. The third-order valence-electron chi connectivity index (χ3n) is 5.36. The molecular weight excluding hydrogens is 473 g/mol. The smallest absolute Gasteiger partial charge is 0.383 e. The highest BCUT2D eigenvalue weighted by Gasteiger charge is 2.32. The Hall–Kier alpha value is -4.06. The number of aliphatic hydroxyl groups excluding tert-OH is 1. The Morgan fingerprint density at radius 1 is 1.11 bits per heavy atom. The van der Waals surface area contributed by atoms with Gasteiger partial charge in [0, 0.05) is 24.4 Å². The zero-order valence-electron chi connectivity index (χ0n) is 18.3. The molecule has 4 aromatic rings. The van der Waals surface area contributed by atoms with E-state index in [2.05, 4.69) is 9.97 Å². The van der Waals surface area contributed by atoms with Gasteiger partial charge in [-0.1, -0.05) is 12.1 Å². The molecule has 35 heavy (non-hydrogen) atoms. The summed E-state index contributed by atoms with van der Waals surface area (Å²) in [4.78, 5) is 20.7. The minimum atomic E-state index is -4.69. The maximum atomic E-state index is 15.0. The number of nitrogens with two attached hydrogens (primary N) is 1. The van der Waals surface area contributed by atoms with E-state index in [9.17, 15) is 27.5 Å². The van der Waals surface area contributed by atoms with Crippen LogP contribution in [0.4, 0.5) is 33.5 Å². The summed E-state index contributed by atoms with van der Waals surface area (Å²) in [6.45, 7) is 1.63. The Kier molecular flexibility index (Phi) is 5.93. The van der Waals surface area contributed by atoms with Gasteiger partial charge in [0.15, 0.2) is 17.7 Å². The molecule has 0 radical (unpaired) electrons. The predicted molar refractivity (Wildman–Crippen MR) is 118 cm³/mol. The van der Waals surface area contributed by atoms with E-state index in [0.29, 0.717) is 22.9 Å². The zero-order chi connectivity index (χ0) is 25.7. The van der Waals surface area contributed by atoms with Gasteiger partial charge in [-0.15, -0.1) is 0 Å². The maximum Gasteiger partial charge on any atom is 0.416 e. The summed E-state index contributed by atoms with van der Waals surface area (Å²) in [7, 11) is 1.65. The molecule has 1 amide bonds. The highest BCUT2D eigenvalue weighted by atomic mass is 19.4. The maximum absolute atomic E-state index is 15.0. The molecule has 0 aliphatic rings. The van der Waals surface area contributed by atoms with Crippen molar-refractivity contribution in [3.63, 3.8) is 0 Å². The minimum Gasteiger partial charge on any atom is -0.383 e. The van der Waals surface area contributed by atoms with Crippen LogP contribution >= 0.6 is 0 Å². The number of benzene rings is 2. The number of carbonyl (C=O) groups excluding carboxylic acids is 1. The topological polar surface area (TPSA) is 106 Å². The van der Waals surface area contributed by atoms with E-state index in [1.807, 2.05) is 5.32 Å². The standard InChI is InChI=1S/C23H18F5N5O2/c1-10-30-20(29)16-14(9-33(2)21(16)31-10)13-6-7-15(18(25)17(13)24)32-22(35)19(34)11-4-3-5-12(8-11)23(26,27)28/h3-9,19,34H,1-2H3,(H,32,35)(H2,29,30,31). The molecule has 182 valence electrons. The van der Waals surface area contributed by atoms with Crippen molar-refractivity contribution in [2.75, 3.05) is 11.1 Å². The van der Waals surface area contributed by atoms with Crippen molar-refractivity contribution in [2.24, 2.45) is 7.05 Å². The summed E-state index contributed by atoms with van der Waals surface area (Å²) >= 11 is 0. The summed E-state index contributed by atoms with van der Waals surface area (Å²) in [5, 5.41) is 12.5. The number of nitrogens with one attached hydrogen (secondary N) is 1. The van der Waals surface area contributed by atoms with Gasteiger partial charge in [0.2, 0.25) is 0 Å². The Labute approximate surface area is 195 Å². The second kappa shape index (κ2) is 8.62. The molecule has 4 N–H and O–H groups in total. The fourth-order valence-electron chi connectivity index (χ4n) is 3.71. The molecule has 12 heteroatoms. The normalized spacial score (nSPS) is 12.7. The molecule has 0 aliphatic heterocycles. The number of hydrogen-bond donors (Lipinski definition) is 3. The van der Waals surface area contributed by atoms with Gasteiger partial charge >= 0.3 is 6.18 Å². The summed E-state index contributed by atoms with van der Waals surface area (Å²) in [6, 6.07) is 5.75. The van der Waals surface area contributed by atoms with Gasteiger partial charge in [0.25, 0.3) is 5.91 Å². The van der Waals surface area contributed by atoms with Crippen molar-refractivity contribution in [2.45, 2.75) is 19.2 Å². The van der Waals surface area contributed by atoms with E-state index in [1.165, 1.54) is 12.3 Å². The van der Waals surface area contributed by atoms with Gasteiger partial charge in [-0.2, -0.15) is 13.2 Å². The van der Waals surface area contributed by atoms with Gasteiger partial charge in [-0.05, 0) is 36.8 Å². The molecule has 0 saturated carbocycles. The third kappa shape index (κ3) is 4.39. The number of fused-ring (bicyclic) bond motifs is 1. The number of nitrogen functional groups attached to an aromatic ring is 1. The first-order valence-corrected chi connectivity index (χ1v) is 10.1. The van der Waals surface area contributed by atoms with Crippen LogP contribution in [0.5, 0.6) is 0 Å². The Morgan fingerprint density at radius 2 is 1.83 bits per heavy atom. The van der Waals surface area contributed by atoms with Crippen molar-refractivity contribution in [1.82, 2.24) is 14.5 Å². The predicted octanol–water partition coefficient (Wildman–Crippen LogP) is 4.50. The molecule has 4 rings (SSSR count). The molecule has 2 heterocycles. The molecule has 0 saturated heterocycles. The van der Waals surface area contributed by atoms with Crippen LogP contribution in [-0.2, 0) is 18.0 Å². The molecule has 2 aromatic carbocycles. The summed E-state index contributed by atoms with van der Waals surface area (Å²) in [6.07, 6.45) is -5.24. The fraction of sp³-hybridized carbons (Fsp3) is 0.174. The number of nitrogens with zero attached hydrogens (tertiary/aromatic N) is 3. The first-order valence-electron chi connectivity index (χ1n) is 10.1. The number of halogens is 5. The monoisotopic (exact) mass is 491 g/mol. The number of aryl methyl sites for hydroxylation is 2. The fourth-order valence-corrected chi connectivity index (χ4v) is 3.71. The number of aromatic nitrogens is 3. The molecule has 1 atom stereocenters. The second-order valence-corrected chi connectivity index (χ2v) is 7.81. The van der Waals surface area contributed by atoms with Crippen molar-refractivity contribution in [1.29, 1.82) is 0 Å². The highest BCUT2D eigenvalue weighted by molar-refractivity contribution is 6.01. The Balaban J connectivity index is 1.66. The molecular formula is C23H18F5N5O2.